The van der Waals surface area contributed by atoms with Gasteiger partial charge in [0.05, 0.1) is 6.54 Å². The molecule has 1 N–H and O–H groups in total. The first kappa shape index (κ1) is 30.9. The zero-order valence-corrected chi connectivity index (χ0v) is 24.3. The molecule has 1 saturated heterocycles. The van der Waals surface area contributed by atoms with E-state index >= 15 is 0 Å². The molecular weight excluding hydrogens is 536 g/mol. The van der Waals surface area contributed by atoms with Crippen LogP contribution < -0.4 is 5.32 Å². The van der Waals surface area contributed by atoms with Crippen LogP contribution >= 0.6 is 0 Å². The van der Waals surface area contributed by atoms with Crippen LogP contribution in [0, 0.1) is 11.6 Å². The van der Waals surface area contributed by atoms with Gasteiger partial charge in [-0.3, -0.25) is 14.4 Å². The van der Waals surface area contributed by atoms with E-state index in [2.05, 4.69) is 19.2 Å². The summed E-state index contributed by atoms with van der Waals surface area (Å²) in [6.45, 7) is 5.88. The van der Waals surface area contributed by atoms with Gasteiger partial charge in [0.25, 0.3) is 5.91 Å². The molecule has 0 spiro atoms. The summed E-state index contributed by atoms with van der Waals surface area (Å²) in [5.41, 5.74) is 3.57. The standard InChI is InChI=1S/C34H39F2N3O3/c1-24(2)25-7-9-28(10-8-25)34(42)37-23-33(41)39-21-19-38(20-22-39)32(40)6-4-3-5-31(26-11-15-29(35)16-12-26)27-13-17-30(36)18-14-27/h7-18,24,31H,3-6,19-23H2,1-2H3,(H,37,42). The van der Waals surface area contributed by atoms with Crippen molar-refractivity contribution in [1.82, 2.24) is 15.1 Å². The largest absolute Gasteiger partial charge is 0.343 e. The molecule has 1 heterocycles. The van der Waals surface area contributed by atoms with Gasteiger partial charge in [0.2, 0.25) is 11.8 Å². The van der Waals surface area contributed by atoms with Gasteiger partial charge in [0, 0.05) is 44.1 Å². The second-order valence-corrected chi connectivity index (χ2v) is 11.1. The van der Waals surface area contributed by atoms with Crippen molar-refractivity contribution in [3.05, 3.63) is 107 Å². The first-order valence-corrected chi connectivity index (χ1v) is 14.7. The van der Waals surface area contributed by atoms with Crippen molar-refractivity contribution in [2.75, 3.05) is 32.7 Å². The Bertz CT molecular complexity index is 1290. The maximum absolute atomic E-state index is 13.5. The Morgan fingerprint density at radius 2 is 1.17 bits per heavy atom. The highest BCUT2D eigenvalue weighted by Crippen LogP contribution is 2.30. The van der Waals surface area contributed by atoms with Gasteiger partial charge in [-0.15, -0.1) is 0 Å². The molecule has 8 heteroatoms. The van der Waals surface area contributed by atoms with Crippen LogP contribution in [0.2, 0.25) is 0 Å². The quantitative estimate of drug-likeness (QED) is 0.290. The predicted molar refractivity (Wildman–Crippen MR) is 159 cm³/mol. The molecule has 1 aliphatic rings. The molecule has 0 aliphatic carbocycles. The third kappa shape index (κ3) is 8.47. The van der Waals surface area contributed by atoms with E-state index in [9.17, 15) is 23.2 Å². The summed E-state index contributed by atoms with van der Waals surface area (Å²) in [6.07, 6.45) is 2.63. The summed E-state index contributed by atoms with van der Waals surface area (Å²) in [6, 6.07) is 20.1. The van der Waals surface area contributed by atoms with Crippen LogP contribution in [-0.2, 0) is 9.59 Å². The summed E-state index contributed by atoms with van der Waals surface area (Å²) in [5, 5.41) is 2.70. The molecule has 0 unspecified atom stereocenters. The van der Waals surface area contributed by atoms with Crippen molar-refractivity contribution in [2.45, 2.75) is 51.4 Å². The molecule has 0 aromatic heterocycles. The summed E-state index contributed by atoms with van der Waals surface area (Å²) in [4.78, 5) is 41.4. The van der Waals surface area contributed by atoms with Crippen molar-refractivity contribution < 1.29 is 23.2 Å². The fourth-order valence-corrected chi connectivity index (χ4v) is 5.29. The SMILES string of the molecule is CC(C)c1ccc(C(=O)NCC(=O)N2CCN(C(=O)CCCCC(c3ccc(F)cc3)c3ccc(F)cc3)CC2)cc1. The summed E-state index contributed by atoms with van der Waals surface area (Å²) in [5.74, 6) is -0.643. The molecule has 1 aliphatic heterocycles. The maximum atomic E-state index is 13.5. The Hall–Kier alpha value is -4.07. The highest BCUT2D eigenvalue weighted by molar-refractivity contribution is 5.96. The number of nitrogens with one attached hydrogen (secondary N) is 1. The molecule has 3 amide bonds. The minimum atomic E-state index is -0.305. The monoisotopic (exact) mass is 575 g/mol. The first-order chi connectivity index (χ1) is 20.2. The molecular formula is C34H39F2N3O3. The van der Waals surface area contributed by atoms with Crippen LogP contribution in [0.3, 0.4) is 0 Å². The lowest BCUT2D eigenvalue weighted by Gasteiger charge is -2.35. The van der Waals surface area contributed by atoms with E-state index in [1.807, 2.05) is 12.1 Å². The van der Waals surface area contributed by atoms with Crippen LogP contribution in [-0.4, -0.2) is 60.2 Å². The number of carbonyl (C=O) groups is 3. The molecule has 0 saturated carbocycles. The Kier molecular flexibility index (Phi) is 10.8. The van der Waals surface area contributed by atoms with Gasteiger partial charge in [-0.2, -0.15) is 0 Å². The van der Waals surface area contributed by atoms with Crippen molar-refractivity contribution >= 4 is 17.7 Å². The topological polar surface area (TPSA) is 69.7 Å². The lowest BCUT2D eigenvalue weighted by Crippen LogP contribution is -2.52. The maximum Gasteiger partial charge on any atom is 0.251 e. The van der Waals surface area contributed by atoms with Crippen molar-refractivity contribution in [3.63, 3.8) is 0 Å². The second-order valence-electron chi connectivity index (χ2n) is 11.1. The van der Waals surface area contributed by atoms with Crippen LogP contribution in [0.1, 0.15) is 78.4 Å². The van der Waals surface area contributed by atoms with Crippen molar-refractivity contribution in [3.8, 4) is 0 Å². The summed E-state index contributed by atoms with van der Waals surface area (Å²) < 4.78 is 27.0. The molecule has 0 radical (unpaired) electrons. The molecule has 6 nitrogen and oxygen atoms in total. The Labute approximate surface area is 246 Å². The third-order valence-corrected chi connectivity index (χ3v) is 7.90. The van der Waals surface area contributed by atoms with E-state index in [1.54, 1.807) is 46.2 Å². The van der Waals surface area contributed by atoms with Crippen molar-refractivity contribution in [1.29, 1.82) is 0 Å². The molecule has 0 bridgehead atoms. The van der Waals surface area contributed by atoms with Gasteiger partial charge < -0.3 is 15.1 Å². The number of carbonyl (C=O) groups excluding carboxylic acids is 3. The van der Waals surface area contributed by atoms with Crippen LogP contribution in [0.4, 0.5) is 8.78 Å². The zero-order chi connectivity index (χ0) is 30.1. The molecule has 4 rings (SSSR count). The lowest BCUT2D eigenvalue weighted by atomic mass is 9.87. The molecule has 1 fully saturated rings. The highest BCUT2D eigenvalue weighted by Gasteiger charge is 2.24. The molecule has 222 valence electrons. The molecule has 3 aromatic rings. The number of unbranched alkanes of at least 4 members (excludes halogenated alkanes) is 1. The van der Waals surface area contributed by atoms with Crippen LogP contribution in [0.15, 0.2) is 72.8 Å². The van der Waals surface area contributed by atoms with Crippen LogP contribution in [0.5, 0.6) is 0 Å². The van der Waals surface area contributed by atoms with E-state index in [1.165, 1.54) is 24.3 Å². The van der Waals surface area contributed by atoms with Crippen LogP contribution in [0.25, 0.3) is 0 Å². The Morgan fingerprint density at radius 3 is 1.67 bits per heavy atom. The molecule has 42 heavy (non-hydrogen) atoms. The van der Waals surface area contributed by atoms with Gasteiger partial charge >= 0.3 is 0 Å². The number of halogens is 2. The number of rotatable bonds is 11. The van der Waals surface area contributed by atoms with Gasteiger partial charge in [-0.05, 0) is 71.8 Å². The predicted octanol–water partition coefficient (Wildman–Crippen LogP) is 5.88. The fourth-order valence-electron chi connectivity index (χ4n) is 5.29. The smallest absolute Gasteiger partial charge is 0.251 e. The highest BCUT2D eigenvalue weighted by atomic mass is 19.1. The second kappa shape index (κ2) is 14.7. The number of hydrogen-bond donors (Lipinski definition) is 1. The van der Waals surface area contributed by atoms with E-state index in [4.69, 9.17) is 0 Å². The minimum Gasteiger partial charge on any atom is -0.343 e. The lowest BCUT2D eigenvalue weighted by molar-refractivity contribution is -0.139. The van der Waals surface area contributed by atoms with Gasteiger partial charge in [0.15, 0.2) is 0 Å². The average Bonchev–Trinajstić information content (AvgIpc) is 3.01. The van der Waals surface area contributed by atoms with Gasteiger partial charge in [-0.25, -0.2) is 8.78 Å². The van der Waals surface area contributed by atoms with E-state index in [0.717, 1.165) is 29.5 Å². The zero-order valence-electron chi connectivity index (χ0n) is 24.3. The number of piperazine rings is 1. The summed E-state index contributed by atoms with van der Waals surface area (Å²) in [7, 11) is 0. The number of nitrogens with zero attached hydrogens (tertiary/aromatic N) is 2. The number of amides is 3. The molecule has 3 aromatic carbocycles. The van der Waals surface area contributed by atoms with E-state index < -0.39 is 0 Å². The Balaban J connectivity index is 1.18. The molecule has 0 atom stereocenters. The minimum absolute atomic E-state index is 0.0178. The fraction of sp³-hybridized carbons (Fsp3) is 0.382. The van der Waals surface area contributed by atoms with Gasteiger partial charge in [-0.1, -0.05) is 56.7 Å². The van der Waals surface area contributed by atoms with E-state index in [-0.39, 0.29) is 41.8 Å². The third-order valence-electron chi connectivity index (χ3n) is 7.90. The summed E-state index contributed by atoms with van der Waals surface area (Å²) >= 11 is 0. The number of hydrogen-bond acceptors (Lipinski definition) is 3. The van der Waals surface area contributed by atoms with E-state index in [0.29, 0.717) is 50.5 Å². The number of benzene rings is 3. The normalized spacial score (nSPS) is 13.5. The first-order valence-electron chi connectivity index (χ1n) is 14.7. The van der Waals surface area contributed by atoms with Gasteiger partial charge in [0.1, 0.15) is 11.6 Å². The Morgan fingerprint density at radius 1 is 0.690 bits per heavy atom. The van der Waals surface area contributed by atoms with Crippen molar-refractivity contribution in [2.24, 2.45) is 0 Å². The average molecular weight is 576 g/mol.